The van der Waals surface area contributed by atoms with Crippen molar-refractivity contribution in [2.45, 2.75) is 50.3 Å². The molecule has 0 aromatic rings. The highest BCUT2D eigenvalue weighted by molar-refractivity contribution is 8.01. The molecule has 1 aliphatic heterocycles. The summed E-state index contributed by atoms with van der Waals surface area (Å²) in [5, 5.41) is 19.0. The number of amides is 1. The van der Waals surface area contributed by atoms with Gasteiger partial charge in [-0.15, -0.1) is 11.8 Å². The lowest BCUT2D eigenvalue weighted by molar-refractivity contribution is -0.145. The molecule has 0 aromatic heterocycles. The van der Waals surface area contributed by atoms with Crippen LogP contribution in [0.15, 0.2) is 0 Å². The molecule has 0 aliphatic carbocycles. The van der Waals surface area contributed by atoms with Crippen molar-refractivity contribution in [2.75, 3.05) is 12.4 Å². The molecule has 8 nitrogen and oxygen atoms in total. The van der Waals surface area contributed by atoms with Gasteiger partial charge >= 0.3 is 12.1 Å². The van der Waals surface area contributed by atoms with Crippen molar-refractivity contribution in [3.8, 4) is 0 Å². The smallest absolute Gasteiger partial charge is 0.412 e. The number of thioether (sulfide) groups is 1. The van der Waals surface area contributed by atoms with Crippen molar-refractivity contribution >= 4 is 29.6 Å². The normalized spacial score (nSPS) is 26.6. The molecule has 1 fully saturated rings. The number of carboxylic acid groups (broad SMARTS) is 1. The Morgan fingerprint density at radius 3 is 2.36 bits per heavy atom. The monoisotopic (exact) mass is 334 g/mol. The Bertz CT molecular complexity index is 476. The van der Waals surface area contributed by atoms with Crippen LogP contribution in [-0.2, 0) is 14.3 Å². The number of ketones is 1. The molecule has 1 heterocycles. The van der Waals surface area contributed by atoms with E-state index in [0.717, 1.165) is 16.7 Å². The lowest BCUT2D eigenvalue weighted by Gasteiger charge is -2.38. The van der Waals surface area contributed by atoms with E-state index in [1.807, 2.05) is 0 Å². The standard InChI is InChI=1S/C13H22N2O6S/c1-7(14)9(17)13(6-16)15(8(5-22-13)10(18)19)11(20)21-12(2,3)4/h7-8,16H,5-6,14H2,1-4H3,(H,18,19)/t7-,8?,13?/m0/s1. The Morgan fingerprint density at radius 1 is 1.45 bits per heavy atom. The van der Waals surface area contributed by atoms with Crippen molar-refractivity contribution in [2.24, 2.45) is 5.73 Å². The molecule has 0 bridgehead atoms. The van der Waals surface area contributed by atoms with Crippen LogP contribution >= 0.6 is 11.8 Å². The van der Waals surface area contributed by atoms with Crippen LogP contribution in [0.3, 0.4) is 0 Å². The Morgan fingerprint density at radius 2 is 2.00 bits per heavy atom. The molecule has 0 spiro atoms. The first-order valence-electron chi connectivity index (χ1n) is 6.76. The fourth-order valence-electron chi connectivity index (χ4n) is 2.13. The molecular formula is C13H22N2O6S. The van der Waals surface area contributed by atoms with E-state index in [1.165, 1.54) is 6.92 Å². The Balaban J connectivity index is 3.28. The van der Waals surface area contributed by atoms with Gasteiger partial charge in [-0.05, 0) is 27.7 Å². The maximum Gasteiger partial charge on any atom is 0.412 e. The van der Waals surface area contributed by atoms with Crippen molar-refractivity contribution in [1.29, 1.82) is 0 Å². The summed E-state index contributed by atoms with van der Waals surface area (Å²) in [6.45, 7) is 5.55. The van der Waals surface area contributed by atoms with Crippen LogP contribution in [0.5, 0.6) is 0 Å². The second-order valence-electron chi connectivity index (χ2n) is 6.11. The summed E-state index contributed by atoms with van der Waals surface area (Å²) in [6.07, 6.45) is -0.965. The van der Waals surface area contributed by atoms with Crippen molar-refractivity contribution in [3.05, 3.63) is 0 Å². The van der Waals surface area contributed by atoms with Gasteiger partial charge in [0.25, 0.3) is 0 Å². The zero-order chi connectivity index (χ0) is 17.3. The first-order chi connectivity index (χ1) is 9.96. The molecule has 1 saturated heterocycles. The molecule has 1 amide bonds. The summed E-state index contributed by atoms with van der Waals surface area (Å²) >= 11 is 0.890. The molecule has 0 saturated carbocycles. The average Bonchev–Trinajstić information content (AvgIpc) is 2.76. The second-order valence-corrected chi connectivity index (χ2v) is 7.41. The van der Waals surface area contributed by atoms with Crippen LogP contribution in [-0.4, -0.2) is 67.9 Å². The molecule has 126 valence electrons. The van der Waals surface area contributed by atoms with Gasteiger partial charge in [0, 0.05) is 5.75 Å². The summed E-state index contributed by atoms with van der Waals surface area (Å²) in [5.74, 6) is -1.92. The van der Waals surface area contributed by atoms with Crippen LogP contribution < -0.4 is 5.73 Å². The molecule has 0 radical (unpaired) electrons. The summed E-state index contributed by atoms with van der Waals surface area (Å²) in [4.78, 5) is 35.3. The molecule has 1 aliphatic rings. The number of carboxylic acids is 1. The number of carbonyl (C=O) groups is 3. The van der Waals surface area contributed by atoms with Gasteiger partial charge in [-0.25, -0.2) is 9.59 Å². The van der Waals surface area contributed by atoms with E-state index in [9.17, 15) is 24.6 Å². The van der Waals surface area contributed by atoms with E-state index >= 15 is 0 Å². The predicted molar refractivity (Wildman–Crippen MR) is 80.4 cm³/mol. The highest BCUT2D eigenvalue weighted by Crippen LogP contribution is 2.41. The number of Topliss-reactive ketones (excluding diaryl/α,β-unsaturated/α-hetero) is 1. The number of hydrogen-bond donors (Lipinski definition) is 3. The zero-order valence-electron chi connectivity index (χ0n) is 13.0. The molecule has 9 heteroatoms. The molecular weight excluding hydrogens is 312 g/mol. The first-order valence-corrected chi connectivity index (χ1v) is 7.74. The number of carbonyl (C=O) groups excluding carboxylic acids is 2. The minimum Gasteiger partial charge on any atom is -0.480 e. The number of hydrogen-bond acceptors (Lipinski definition) is 7. The minimum absolute atomic E-state index is 0.0341. The first kappa shape index (κ1) is 18.7. The van der Waals surface area contributed by atoms with Gasteiger partial charge in [0.2, 0.25) is 0 Å². The second kappa shape index (κ2) is 6.43. The van der Waals surface area contributed by atoms with E-state index < -0.39 is 47.0 Å². The Kier molecular flexibility index (Phi) is 5.47. The highest BCUT2D eigenvalue weighted by Gasteiger charge is 2.58. The van der Waals surface area contributed by atoms with Crippen molar-refractivity contribution in [3.63, 3.8) is 0 Å². The Hall–Kier alpha value is -1.32. The number of aliphatic carboxylic acids is 1. The van der Waals surface area contributed by atoms with Gasteiger partial charge in [0.05, 0.1) is 12.6 Å². The number of rotatable bonds is 4. The summed E-state index contributed by atoms with van der Waals surface area (Å²) < 4.78 is 5.20. The summed E-state index contributed by atoms with van der Waals surface area (Å²) in [6, 6.07) is -2.23. The lowest BCUT2D eigenvalue weighted by Crippen LogP contribution is -2.62. The van der Waals surface area contributed by atoms with Crippen molar-refractivity contribution < 1.29 is 29.3 Å². The van der Waals surface area contributed by atoms with Gasteiger partial charge in [-0.3, -0.25) is 9.69 Å². The molecule has 3 atom stereocenters. The Labute approximate surface area is 133 Å². The third-order valence-corrected chi connectivity index (χ3v) is 4.56. The van der Waals surface area contributed by atoms with Crippen LogP contribution in [0.2, 0.25) is 0 Å². The maximum absolute atomic E-state index is 12.4. The summed E-state index contributed by atoms with van der Waals surface area (Å²) in [5.41, 5.74) is 4.72. The third-order valence-electron chi connectivity index (χ3n) is 3.07. The quantitative estimate of drug-likeness (QED) is 0.656. The van der Waals surface area contributed by atoms with Crippen LogP contribution in [0.25, 0.3) is 0 Å². The average molecular weight is 334 g/mol. The number of nitrogens with zero attached hydrogens (tertiary/aromatic N) is 1. The van der Waals surface area contributed by atoms with E-state index in [2.05, 4.69) is 0 Å². The van der Waals surface area contributed by atoms with Gasteiger partial charge in [-0.1, -0.05) is 0 Å². The minimum atomic E-state index is -1.74. The number of ether oxygens (including phenoxy) is 1. The van der Waals surface area contributed by atoms with Crippen LogP contribution in [0, 0.1) is 0 Å². The number of aliphatic hydroxyl groups excluding tert-OH is 1. The fraction of sp³-hybridized carbons (Fsp3) is 0.769. The summed E-state index contributed by atoms with van der Waals surface area (Å²) in [7, 11) is 0. The van der Waals surface area contributed by atoms with Gasteiger partial charge in [-0.2, -0.15) is 0 Å². The third kappa shape index (κ3) is 3.53. The van der Waals surface area contributed by atoms with Gasteiger partial charge in [0.1, 0.15) is 11.6 Å². The molecule has 2 unspecified atom stereocenters. The lowest BCUT2D eigenvalue weighted by atomic mass is 10.0. The van der Waals surface area contributed by atoms with Gasteiger partial charge < -0.3 is 20.7 Å². The molecule has 1 rings (SSSR count). The predicted octanol–water partition coefficient (Wildman–Crippen LogP) is 0.0284. The number of aliphatic hydroxyl groups is 1. The fourth-order valence-corrected chi connectivity index (χ4v) is 3.61. The SMILES string of the molecule is C[C@H](N)C(=O)C1(CO)SCC(C(=O)O)N1C(=O)OC(C)(C)C. The molecule has 22 heavy (non-hydrogen) atoms. The largest absolute Gasteiger partial charge is 0.480 e. The van der Waals surface area contributed by atoms with E-state index in [4.69, 9.17) is 10.5 Å². The van der Waals surface area contributed by atoms with E-state index in [0.29, 0.717) is 0 Å². The topological polar surface area (TPSA) is 130 Å². The maximum atomic E-state index is 12.4. The van der Waals surface area contributed by atoms with Crippen LogP contribution in [0.4, 0.5) is 4.79 Å². The zero-order valence-corrected chi connectivity index (χ0v) is 13.8. The number of nitrogens with two attached hydrogens (primary N) is 1. The van der Waals surface area contributed by atoms with E-state index in [-0.39, 0.29) is 5.75 Å². The van der Waals surface area contributed by atoms with Crippen LogP contribution in [0.1, 0.15) is 27.7 Å². The highest BCUT2D eigenvalue weighted by atomic mass is 32.2. The van der Waals surface area contributed by atoms with Crippen molar-refractivity contribution in [1.82, 2.24) is 4.90 Å². The molecule has 4 N–H and O–H groups in total. The van der Waals surface area contributed by atoms with E-state index in [1.54, 1.807) is 20.8 Å². The van der Waals surface area contributed by atoms with Gasteiger partial charge in [0.15, 0.2) is 10.7 Å². The molecule has 0 aromatic carbocycles.